The van der Waals surface area contributed by atoms with Crippen LogP contribution in [0.15, 0.2) is 11.6 Å². The summed E-state index contributed by atoms with van der Waals surface area (Å²) in [4.78, 5) is 15.0. The van der Waals surface area contributed by atoms with Gasteiger partial charge in [-0.05, 0) is 75.0 Å². The molecule has 3 nitrogen and oxygen atoms in total. The van der Waals surface area contributed by atoms with E-state index >= 15 is 0 Å². The van der Waals surface area contributed by atoms with Gasteiger partial charge in [-0.15, -0.1) is 0 Å². The molecule has 100 valence electrons. The topological polar surface area (TPSA) is 46.5 Å². The van der Waals surface area contributed by atoms with Crippen molar-refractivity contribution in [3.63, 3.8) is 0 Å². The summed E-state index contributed by atoms with van der Waals surface area (Å²) in [5.41, 5.74) is 0.986. The van der Waals surface area contributed by atoms with Crippen molar-refractivity contribution in [2.24, 2.45) is 23.2 Å². The van der Waals surface area contributed by atoms with E-state index in [9.17, 15) is 4.79 Å². The highest BCUT2D eigenvalue weighted by molar-refractivity contribution is 5.87. The van der Waals surface area contributed by atoms with Crippen LogP contribution in [0.5, 0.6) is 0 Å². The molecule has 18 heavy (non-hydrogen) atoms. The molecule has 0 heterocycles. The molecule has 0 aliphatic heterocycles. The highest BCUT2D eigenvalue weighted by atomic mass is 17.1. The summed E-state index contributed by atoms with van der Waals surface area (Å²) in [6.45, 7) is 1.72. The van der Waals surface area contributed by atoms with E-state index in [-0.39, 0.29) is 0 Å². The molecular weight excluding hydrogens is 228 g/mol. The van der Waals surface area contributed by atoms with E-state index in [0.717, 1.165) is 24.2 Å². The summed E-state index contributed by atoms with van der Waals surface area (Å²) >= 11 is 0. The minimum Gasteiger partial charge on any atom is -0.296 e. The van der Waals surface area contributed by atoms with Crippen LogP contribution in [0.2, 0.25) is 0 Å². The summed E-state index contributed by atoms with van der Waals surface area (Å²) in [6, 6.07) is 0. The van der Waals surface area contributed by atoms with Crippen LogP contribution in [0, 0.1) is 23.2 Å². The molecule has 1 N–H and O–H groups in total. The van der Waals surface area contributed by atoms with Crippen LogP contribution >= 0.6 is 0 Å². The second kappa shape index (κ2) is 4.37. The first-order valence-electron chi connectivity index (χ1n) is 7.13. The van der Waals surface area contributed by atoms with Gasteiger partial charge in [-0.2, -0.15) is 5.26 Å². The van der Waals surface area contributed by atoms with Gasteiger partial charge >= 0.3 is 5.97 Å². The van der Waals surface area contributed by atoms with Gasteiger partial charge in [0.15, 0.2) is 0 Å². The molecule has 0 saturated heterocycles. The van der Waals surface area contributed by atoms with Crippen molar-refractivity contribution in [1.29, 1.82) is 0 Å². The molecule has 4 bridgehead atoms. The number of hydrogen-bond donors (Lipinski definition) is 1. The Kier molecular flexibility index (Phi) is 2.97. The molecule has 0 atom stereocenters. The Morgan fingerprint density at radius 2 is 1.72 bits per heavy atom. The second-order valence-corrected chi connectivity index (χ2v) is 6.89. The fraction of sp³-hybridized carbons (Fsp3) is 0.800. The lowest BCUT2D eigenvalue weighted by atomic mass is 9.49. The molecule has 4 aliphatic rings. The fourth-order valence-corrected chi connectivity index (χ4v) is 5.06. The highest BCUT2D eigenvalue weighted by Gasteiger charge is 2.50. The Morgan fingerprint density at radius 1 is 1.22 bits per heavy atom. The van der Waals surface area contributed by atoms with Gasteiger partial charge in [0.05, 0.1) is 0 Å². The Morgan fingerprint density at radius 3 is 2.17 bits per heavy atom. The van der Waals surface area contributed by atoms with Crippen molar-refractivity contribution in [2.45, 2.75) is 51.9 Å². The zero-order chi connectivity index (χ0) is 12.8. The molecule has 4 fully saturated rings. The number of carbonyl (C=O) groups is 1. The summed E-state index contributed by atoms with van der Waals surface area (Å²) in [7, 11) is 0. The Balaban J connectivity index is 1.71. The molecule has 0 aromatic heterocycles. The van der Waals surface area contributed by atoms with Crippen LogP contribution in [-0.2, 0) is 9.68 Å². The SMILES string of the molecule is CC(=CCC12CC3CC(CC(C3)C1)C2)C(=O)OO. The lowest BCUT2D eigenvalue weighted by Gasteiger charge is -2.56. The van der Waals surface area contributed by atoms with Gasteiger partial charge in [0, 0.05) is 5.57 Å². The van der Waals surface area contributed by atoms with Gasteiger partial charge in [-0.3, -0.25) is 4.89 Å². The normalized spacial score (nSPS) is 42.1. The van der Waals surface area contributed by atoms with Crippen molar-refractivity contribution < 1.29 is 14.9 Å². The van der Waals surface area contributed by atoms with Gasteiger partial charge in [0.25, 0.3) is 0 Å². The average molecular weight is 250 g/mol. The minimum atomic E-state index is -0.611. The van der Waals surface area contributed by atoms with Crippen LogP contribution in [0.1, 0.15) is 51.9 Å². The Labute approximate surface area is 108 Å². The summed E-state index contributed by atoms with van der Waals surface area (Å²) < 4.78 is 0. The van der Waals surface area contributed by atoms with Crippen LogP contribution in [0.25, 0.3) is 0 Å². The van der Waals surface area contributed by atoms with Gasteiger partial charge in [0.1, 0.15) is 0 Å². The zero-order valence-corrected chi connectivity index (χ0v) is 11.0. The number of hydrogen-bond acceptors (Lipinski definition) is 3. The lowest BCUT2D eigenvalue weighted by molar-refractivity contribution is -0.229. The van der Waals surface area contributed by atoms with E-state index in [1.807, 2.05) is 6.08 Å². The maximum absolute atomic E-state index is 11.2. The summed E-state index contributed by atoms with van der Waals surface area (Å²) in [5, 5.41) is 8.38. The Hall–Kier alpha value is -0.830. The molecular formula is C15H22O3. The predicted molar refractivity (Wildman–Crippen MR) is 67.7 cm³/mol. The molecule has 4 rings (SSSR count). The third-order valence-electron chi connectivity index (χ3n) is 5.41. The largest absolute Gasteiger partial charge is 0.368 e. The zero-order valence-electron chi connectivity index (χ0n) is 11.0. The smallest absolute Gasteiger partial charge is 0.296 e. The van der Waals surface area contributed by atoms with Crippen molar-refractivity contribution in [3.05, 3.63) is 11.6 Å². The van der Waals surface area contributed by atoms with Crippen LogP contribution in [0.3, 0.4) is 0 Å². The monoisotopic (exact) mass is 250 g/mol. The van der Waals surface area contributed by atoms with E-state index in [1.165, 1.54) is 38.5 Å². The third-order valence-corrected chi connectivity index (χ3v) is 5.41. The van der Waals surface area contributed by atoms with Crippen LogP contribution < -0.4 is 0 Å². The molecule has 0 spiro atoms. The van der Waals surface area contributed by atoms with Crippen molar-refractivity contribution in [1.82, 2.24) is 0 Å². The molecule has 0 amide bonds. The number of carbonyl (C=O) groups excluding carboxylic acids is 1. The minimum absolute atomic E-state index is 0.450. The molecule has 0 unspecified atom stereocenters. The van der Waals surface area contributed by atoms with Crippen LogP contribution in [0.4, 0.5) is 0 Å². The van der Waals surface area contributed by atoms with Gasteiger partial charge in [-0.1, -0.05) is 6.08 Å². The van der Waals surface area contributed by atoms with E-state index < -0.39 is 5.97 Å². The number of allylic oxidation sites excluding steroid dienone is 1. The standard InChI is InChI=1S/C15H22O3/c1-10(14(16)18-17)2-3-15-7-11-4-12(8-15)6-13(5-11)9-15/h2,11-13,17H,3-9H2,1H3. The average Bonchev–Trinajstić information content (AvgIpc) is 2.33. The van der Waals surface area contributed by atoms with E-state index in [1.54, 1.807) is 6.92 Å². The highest BCUT2D eigenvalue weighted by Crippen LogP contribution is 2.61. The number of rotatable bonds is 3. The second-order valence-electron chi connectivity index (χ2n) is 6.89. The first-order valence-corrected chi connectivity index (χ1v) is 7.13. The Bertz CT molecular complexity index is 348. The van der Waals surface area contributed by atoms with Gasteiger partial charge < -0.3 is 0 Å². The van der Waals surface area contributed by atoms with Gasteiger partial charge in [0.2, 0.25) is 0 Å². The summed E-state index contributed by atoms with van der Waals surface area (Å²) in [6.07, 6.45) is 11.3. The van der Waals surface area contributed by atoms with E-state index in [0.29, 0.717) is 11.0 Å². The molecule has 4 aliphatic carbocycles. The maximum atomic E-state index is 11.2. The van der Waals surface area contributed by atoms with Crippen molar-refractivity contribution in [3.8, 4) is 0 Å². The van der Waals surface area contributed by atoms with E-state index in [4.69, 9.17) is 5.26 Å². The third kappa shape index (κ3) is 2.09. The lowest BCUT2D eigenvalue weighted by Crippen LogP contribution is -2.45. The summed E-state index contributed by atoms with van der Waals surface area (Å²) in [5.74, 6) is 2.21. The predicted octanol–water partition coefficient (Wildman–Crippen LogP) is 3.56. The molecule has 0 aromatic rings. The maximum Gasteiger partial charge on any atom is 0.368 e. The van der Waals surface area contributed by atoms with E-state index in [2.05, 4.69) is 4.89 Å². The molecule has 3 heteroatoms. The molecule has 0 radical (unpaired) electrons. The van der Waals surface area contributed by atoms with Gasteiger partial charge in [-0.25, -0.2) is 4.79 Å². The van der Waals surface area contributed by atoms with Crippen molar-refractivity contribution in [2.75, 3.05) is 0 Å². The fourth-order valence-electron chi connectivity index (χ4n) is 5.06. The first-order chi connectivity index (χ1) is 8.60. The quantitative estimate of drug-likeness (QED) is 0.473. The molecule has 4 saturated carbocycles. The van der Waals surface area contributed by atoms with Crippen molar-refractivity contribution >= 4 is 5.97 Å². The van der Waals surface area contributed by atoms with Crippen LogP contribution in [-0.4, -0.2) is 11.2 Å². The molecule has 0 aromatic carbocycles. The first kappa shape index (κ1) is 12.2.